The molecular formula is C22H25ClN2O4. The maximum Gasteiger partial charge on any atom is 0.329 e. The lowest BCUT2D eigenvalue weighted by Gasteiger charge is -2.21. The minimum Gasteiger partial charge on any atom is -0.454 e. The van der Waals surface area contributed by atoms with Crippen LogP contribution in [0.4, 0.5) is 5.69 Å². The zero-order valence-corrected chi connectivity index (χ0v) is 17.7. The lowest BCUT2D eigenvalue weighted by atomic mass is 10.0. The predicted octanol–water partition coefficient (Wildman–Crippen LogP) is 3.89. The fraction of sp³-hybridized carbons (Fsp3) is 0.318. The predicted molar refractivity (Wildman–Crippen MR) is 113 cm³/mol. The summed E-state index contributed by atoms with van der Waals surface area (Å²) in [5.41, 5.74) is 2.92. The molecule has 2 amide bonds. The molecule has 6 nitrogen and oxygen atoms in total. The third-order valence-corrected chi connectivity index (χ3v) is 4.66. The first-order valence-electron chi connectivity index (χ1n) is 9.28. The molecule has 0 heterocycles. The summed E-state index contributed by atoms with van der Waals surface area (Å²) in [6.07, 6.45) is 0. The van der Waals surface area contributed by atoms with E-state index in [1.54, 1.807) is 44.2 Å². The minimum absolute atomic E-state index is 0.239. The summed E-state index contributed by atoms with van der Waals surface area (Å²) in [7, 11) is 0. The lowest BCUT2D eigenvalue weighted by molar-refractivity contribution is -0.150. The highest BCUT2D eigenvalue weighted by Crippen LogP contribution is 2.17. The van der Waals surface area contributed by atoms with Gasteiger partial charge in [0.25, 0.3) is 11.8 Å². The third kappa shape index (κ3) is 6.32. The quantitative estimate of drug-likeness (QED) is 0.670. The molecule has 0 spiro atoms. The second kappa shape index (κ2) is 10.1. The Morgan fingerprint density at radius 3 is 2.38 bits per heavy atom. The van der Waals surface area contributed by atoms with Crippen LogP contribution in [0.25, 0.3) is 0 Å². The Labute approximate surface area is 175 Å². The average molecular weight is 417 g/mol. The van der Waals surface area contributed by atoms with Crippen LogP contribution >= 0.6 is 11.6 Å². The van der Waals surface area contributed by atoms with Gasteiger partial charge in [-0.05, 0) is 43.5 Å². The van der Waals surface area contributed by atoms with Crippen molar-refractivity contribution in [2.75, 3.05) is 11.9 Å². The number of carbonyl (C=O) groups is 3. The van der Waals surface area contributed by atoms with E-state index >= 15 is 0 Å². The zero-order chi connectivity index (χ0) is 21.6. The van der Waals surface area contributed by atoms with Gasteiger partial charge in [-0.2, -0.15) is 0 Å². The van der Waals surface area contributed by atoms with E-state index in [-0.39, 0.29) is 16.5 Å². The van der Waals surface area contributed by atoms with Gasteiger partial charge in [0.05, 0.1) is 10.6 Å². The number of anilines is 1. The Hall–Kier alpha value is -2.86. The average Bonchev–Trinajstić information content (AvgIpc) is 2.66. The molecule has 0 radical (unpaired) electrons. The van der Waals surface area contributed by atoms with E-state index in [1.807, 2.05) is 26.0 Å². The number of hydrogen-bond acceptors (Lipinski definition) is 4. The van der Waals surface area contributed by atoms with Crippen molar-refractivity contribution in [3.63, 3.8) is 0 Å². The van der Waals surface area contributed by atoms with Gasteiger partial charge in [0.2, 0.25) is 0 Å². The van der Waals surface area contributed by atoms with Crippen LogP contribution in [0.2, 0.25) is 5.02 Å². The number of amides is 2. The van der Waals surface area contributed by atoms with Crippen molar-refractivity contribution >= 4 is 35.1 Å². The number of aryl methyl sites for hydroxylation is 2. The van der Waals surface area contributed by atoms with Crippen LogP contribution in [-0.2, 0) is 14.3 Å². The van der Waals surface area contributed by atoms with E-state index < -0.39 is 30.4 Å². The van der Waals surface area contributed by atoms with Crippen LogP contribution in [-0.4, -0.2) is 30.4 Å². The van der Waals surface area contributed by atoms with Gasteiger partial charge in [-0.1, -0.05) is 55.3 Å². The van der Waals surface area contributed by atoms with E-state index in [2.05, 4.69) is 10.6 Å². The maximum atomic E-state index is 12.5. The van der Waals surface area contributed by atoms with Crippen molar-refractivity contribution in [2.45, 2.75) is 33.7 Å². The SMILES string of the molecule is Cc1ccc(NC(=O)COC(=O)[C@@H](NC(=O)c2ccccc2Cl)C(C)C)c(C)c1. The number of nitrogens with one attached hydrogen (secondary N) is 2. The van der Waals surface area contributed by atoms with Crippen molar-refractivity contribution < 1.29 is 19.1 Å². The molecule has 0 unspecified atom stereocenters. The molecule has 154 valence electrons. The third-order valence-electron chi connectivity index (χ3n) is 4.33. The molecule has 0 saturated carbocycles. The van der Waals surface area contributed by atoms with E-state index in [0.29, 0.717) is 5.69 Å². The first kappa shape index (κ1) is 22.4. The summed E-state index contributed by atoms with van der Waals surface area (Å²) in [5, 5.41) is 5.63. The number of halogens is 1. The monoisotopic (exact) mass is 416 g/mol. The molecule has 0 aliphatic rings. The van der Waals surface area contributed by atoms with E-state index in [4.69, 9.17) is 16.3 Å². The Morgan fingerprint density at radius 2 is 1.76 bits per heavy atom. The van der Waals surface area contributed by atoms with Crippen molar-refractivity contribution in [3.8, 4) is 0 Å². The highest BCUT2D eigenvalue weighted by atomic mass is 35.5. The van der Waals surface area contributed by atoms with Crippen LogP contribution < -0.4 is 10.6 Å². The van der Waals surface area contributed by atoms with E-state index in [0.717, 1.165) is 11.1 Å². The Bertz CT molecular complexity index is 911. The highest BCUT2D eigenvalue weighted by molar-refractivity contribution is 6.33. The number of carbonyl (C=O) groups excluding carboxylic acids is 3. The molecule has 2 N–H and O–H groups in total. The summed E-state index contributed by atoms with van der Waals surface area (Å²) < 4.78 is 5.13. The minimum atomic E-state index is -0.910. The number of benzene rings is 2. The Balaban J connectivity index is 1.96. The van der Waals surface area contributed by atoms with Gasteiger partial charge in [0.1, 0.15) is 6.04 Å². The highest BCUT2D eigenvalue weighted by Gasteiger charge is 2.27. The van der Waals surface area contributed by atoms with E-state index in [9.17, 15) is 14.4 Å². The van der Waals surface area contributed by atoms with Gasteiger partial charge in [-0.25, -0.2) is 4.79 Å². The molecule has 1 atom stereocenters. The van der Waals surface area contributed by atoms with Crippen LogP contribution in [0.1, 0.15) is 35.3 Å². The normalized spacial score (nSPS) is 11.7. The van der Waals surface area contributed by atoms with E-state index in [1.165, 1.54) is 0 Å². The summed E-state index contributed by atoms with van der Waals surface area (Å²) in [6.45, 7) is 6.94. The summed E-state index contributed by atoms with van der Waals surface area (Å²) in [5.74, 6) is -1.86. The van der Waals surface area contributed by atoms with Crippen molar-refractivity contribution in [2.24, 2.45) is 5.92 Å². The van der Waals surface area contributed by atoms with Gasteiger partial charge < -0.3 is 15.4 Å². The van der Waals surface area contributed by atoms with Gasteiger partial charge in [0, 0.05) is 5.69 Å². The smallest absolute Gasteiger partial charge is 0.329 e. The number of esters is 1. The molecule has 0 bridgehead atoms. The van der Waals surface area contributed by atoms with Crippen molar-refractivity contribution in [1.82, 2.24) is 5.32 Å². The molecular weight excluding hydrogens is 392 g/mol. The molecule has 7 heteroatoms. The maximum absolute atomic E-state index is 12.5. The molecule has 2 rings (SSSR count). The standard InChI is InChI=1S/C22H25ClN2O4/c1-13(2)20(25-21(27)16-7-5-6-8-17(16)23)22(28)29-12-19(26)24-18-10-9-14(3)11-15(18)4/h5-11,13,20H,12H2,1-4H3,(H,24,26)(H,25,27)/t20-/m0/s1. The topological polar surface area (TPSA) is 84.5 Å². The zero-order valence-electron chi connectivity index (χ0n) is 16.9. The number of rotatable bonds is 7. The van der Waals surface area contributed by atoms with Crippen molar-refractivity contribution in [1.29, 1.82) is 0 Å². The molecule has 0 aliphatic carbocycles. The first-order valence-corrected chi connectivity index (χ1v) is 9.66. The summed E-state index contributed by atoms with van der Waals surface area (Å²) in [6, 6.07) is 11.3. The van der Waals surface area contributed by atoms with Crippen molar-refractivity contribution in [3.05, 3.63) is 64.2 Å². The second-order valence-electron chi connectivity index (χ2n) is 7.15. The van der Waals surface area contributed by atoms with Crippen LogP contribution in [0, 0.1) is 19.8 Å². The summed E-state index contributed by atoms with van der Waals surface area (Å²) >= 11 is 6.03. The molecule has 2 aromatic carbocycles. The molecule has 0 aliphatic heterocycles. The summed E-state index contributed by atoms with van der Waals surface area (Å²) in [4.78, 5) is 37.0. The molecule has 29 heavy (non-hydrogen) atoms. The van der Waals surface area contributed by atoms with Gasteiger partial charge in [0.15, 0.2) is 6.61 Å². The number of hydrogen-bond donors (Lipinski definition) is 2. The largest absolute Gasteiger partial charge is 0.454 e. The molecule has 2 aromatic rings. The molecule has 0 aromatic heterocycles. The second-order valence-corrected chi connectivity index (χ2v) is 7.56. The van der Waals surface area contributed by atoms with Gasteiger partial charge in [-0.15, -0.1) is 0 Å². The van der Waals surface area contributed by atoms with Crippen LogP contribution in [0.5, 0.6) is 0 Å². The molecule has 0 saturated heterocycles. The van der Waals surface area contributed by atoms with Crippen LogP contribution in [0.15, 0.2) is 42.5 Å². The fourth-order valence-electron chi connectivity index (χ4n) is 2.73. The Kier molecular flexibility index (Phi) is 7.79. The van der Waals surface area contributed by atoms with Gasteiger partial charge >= 0.3 is 5.97 Å². The van der Waals surface area contributed by atoms with Gasteiger partial charge in [-0.3, -0.25) is 9.59 Å². The number of ether oxygens (including phenoxy) is 1. The Morgan fingerprint density at radius 1 is 1.07 bits per heavy atom. The fourth-order valence-corrected chi connectivity index (χ4v) is 2.95. The van der Waals surface area contributed by atoms with Crippen LogP contribution in [0.3, 0.4) is 0 Å². The lowest BCUT2D eigenvalue weighted by Crippen LogP contribution is -2.46. The first-order chi connectivity index (χ1) is 13.7. The molecule has 0 fully saturated rings.